The summed E-state index contributed by atoms with van der Waals surface area (Å²) in [6.45, 7) is 2.22. The zero-order valence-corrected chi connectivity index (χ0v) is 15.3. The minimum absolute atomic E-state index is 0.168. The molecule has 8 heteroatoms. The molecular weight excluding hydrogens is 381 g/mol. The summed E-state index contributed by atoms with van der Waals surface area (Å²) < 4.78 is 16.0. The monoisotopic (exact) mass is 395 g/mol. The van der Waals surface area contributed by atoms with Gasteiger partial charge in [0.25, 0.3) is 5.91 Å². The average molecular weight is 396 g/mol. The molecule has 1 aliphatic rings. The van der Waals surface area contributed by atoms with E-state index < -0.39 is 18.0 Å². The van der Waals surface area contributed by atoms with Gasteiger partial charge >= 0.3 is 5.97 Å². The summed E-state index contributed by atoms with van der Waals surface area (Å²) in [5, 5.41) is 3.35. The number of benzene rings is 2. The van der Waals surface area contributed by atoms with Gasteiger partial charge in [0.2, 0.25) is 0 Å². The van der Waals surface area contributed by atoms with Crippen LogP contribution in [0.5, 0.6) is 11.5 Å². The molecule has 0 saturated carbocycles. The van der Waals surface area contributed by atoms with E-state index in [0.717, 1.165) is 0 Å². The number of anilines is 1. The maximum atomic E-state index is 12.3. The van der Waals surface area contributed by atoms with Crippen LogP contribution < -0.4 is 14.8 Å². The third kappa shape index (κ3) is 4.20. The minimum atomic E-state index is -1.02. The van der Waals surface area contributed by atoms with Crippen molar-refractivity contribution < 1.29 is 23.8 Å². The molecule has 0 unspecified atom stereocenters. The number of halogens is 2. The molecule has 0 radical (unpaired) electrons. The average Bonchev–Trinajstić information content (AvgIpc) is 2.61. The summed E-state index contributed by atoms with van der Waals surface area (Å²) in [6, 6.07) is 9.55. The summed E-state index contributed by atoms with van der Waals surface area (Å²) in [5.74, 6) is -0.421. The Labute approximate surface area is 159 Å². The Morgan fingerprint density at radius 2 is 1.92 bits per heavy atom. The quantitative estimate of drug-likeness (QED) is 0.793. The third-order valence-corrected chi connectivity index (χ3v) is 4.09. The molecule has 136 valence electrons. The number of hydrogen-bond donors (Lipinski definition) is 1. The largest absolute Gasteiger partial charge is 0.486 e. The highest BCUT2D eigenvalue weighted by Crippen LogP contribution is 2.38. The van der Waals surface area contributed by atoms with Crippen molar-refractivity contribution in [3.05, 3.63) is 52.0 Å². The lowest BCUT2D eigenvalue weighted by Gasteiger charge is -2.20. The minimum Gasteiger partial charge on any atom is -0.486 e. The standard InChI is InChI=1S/C18H15Cl2NO5/c1-10(17(22)21-13-4-2-3-12(19)9-13)26-18(23)11-7-14(20)16-15(8-11)24-5-6-25-16/h2-4,7-10H,5-6H2,1H3,(H,21,22)/t10-/m1/s1. The molecule has 0 saturated heterocycles. The predicted octanol–water partition coefficient (Wildman–Crippen LogP) is 3.95. The van der Waals surface area contributed by atoms with Crippen molar-refractivity contribution in [2.45, 2.75) is 13.0 Å². The van der Waals surface area contributed by atoms with Gasteiger partial charge in [0.15, 0.2) is 17.6 Å². The first-order valence-electron chi connectivity index (χ1n) is 7.80. The van der Waals surface area contributed by atoms with Gasteiger partial charge < -0.3 is 19.5 Å². The number of amides is 1. The second-order valence-corrected chi connectivity index (χ2v) is 6.37. The van der Waals surface area contributed by atoms with Crippen LogP contribution in [-0.2, 0) is 9.53 Å². The number of fused-ring (bicyclic) bond motifs is 1. The van der Waals surface area contributed by atoms with E-state index in [1.165, 1.54) is 19.1 Å². The molecule has 0 bridgehead atoms. The van der Waals surface area contributed by atoms with Crippen molar-refractivity contribution in [3.8, 4) is 11.5 Å². The van der Waals surface area contributed by atoms with Gasteiger partial charge in [-0.2, -0.15) is 0 Å². The van der Waals surface area contributed by atoms with E-state index in [9.17, 15) is 9.59 Å². The number of ether oxygens (including phenoxy) is 3. The maximum absolute atomic E-state index is 12.3. The zero-order chi connectivity index (χ0) is 18.7. The molecule has 1 atom stereocenters. The molecule has 2 aromatic rings. The lowest BCUT2D eigenvalue weighted by Crippen LogP contribution is -2.30. The second kappa shape index (κ2) is 7.85. The van der Waals surface area contributed by atoms with E-state index in [2.05, 4.69) is 5.32 Å². The summed E-state index contributed by atoms with van der Waals surface area (Å²) >= 11 is 12.0. The van der Waals surface area contributed by atoms with Crippen LogP contribution in [0.3, 0.4) is 0 Å². The number of hydrogen-bond acceptors (Lipinski definition) is 5. The number of nitrogens with one attached hydrogen (secondary N) is 1. The van der Waals surface area contributed by atoms with E-state index in [4.69, 9.17) is 37.4 Å². The van der Waals surface area contributed by atoms with Crippen molar-refractivity contribution in [2.75, 3.05) is 18.5 Å². The Kier molecular flexibility index (Phi) is 5.54. The zero-order valence-electron chi connectivity index (χ0n) is 13.8. The van der Waals surface area contributed by atoms with Gasteiger partial charge in [-0.15, -0.1) is 0 Å². The third-order valence-electron chi connectivity index (χ3n) is 3.58. The lowest BCUT2D eigenvalue weighted by molar-refractivity contribution is -0.123. The van der Waals surface area contributed by atoms with Gasteiger partial charge in [-0.1, -0.05) is 29.3 Å². The molecule has 1 amide bonds. The summed E-state index contributed by atoms with van der Waals surface area (Å²) in [4.78, 5) is 24.5. The molecule has 26 heavy (non-hydrogen) atoms. The highest BCUT2D eigenvalue weighted by molar-refractivity contribution is 6.32. The Balaban J connectivity index is 1.67. The highest BCUT2D eigenvalue weighted by Gasteiger charge is 2.23. The fraction of sp³-hybridized carbons (Fsp3) is 0.222. The number of esters is 1. The van der Waals surface area contributed by atoms with Crippen LogP contribution in [0.2, 0.25) is 10.0 Å². The van der Waals surface area contributed by atoms with Gasteiger partial charge in [-0.25, -0.2) is 4.79 Å². The summed E-state index contributed by atoms with van der Waals surface area (Å²) in [7, 11) is 0. The van der Waals surface area contributed by atoms with Crippen LogP contribution in [0, 0.1) is 0 Å². The van der Waals surface area contributed by atoms with Crippen LogP contribution in [0.4, 0.5) is 5.69 Å². The molecule has 6 nitrogen and oxygen atoms in total. The molecule has 0 aliphatic carbocycles. The first-order chi connectivity index (χ1) is 12.4. The SMILES string of the molecule is C[C@@H](OC(=O)c1cc(Cl)c2c(c1)OCCO2)C(=O)Nc1cccc(Cl)c1. The van der Waals surface area contributed by atoms with E-state index in [1.54, 1.807) is 24.3 Å². The second-order valence-electron chi connectivity index (χ2n) is 5.53. The number of carbonyl (C=O) groups excluding carboxylic acids is 2. The molecule has 2 aromatic carbocycles. The maximum Gasteiger partial charge on any atom is 0.339 e. The first-order valence-corrected chi connectivity index (χ1v) is 8.56. The van der Waals surface area contributed by atoms with Gasteiger partial charge in [0.1, 0.15) is 13.2 Å². The van der Waals surface area contributed by atoms with Gasteiger partial charge in [-0.3, -0.25) is 4.79 Å². The molecule has 1 heterocycles. The molecule has 1 aliphatic heterocycles. The predicted molar refractivity (Wildman–Crippen MR) is 97.4 cm³/mol. The Morgan fingerprint density at radius 1 is 1.15 bits per heavy atom. The first kappa shape index (κ1) is 18.4. The van der Waals surface area contributed by atoms with E-state index in [0.29, 0.717) is 35.4 Å². The molecule has 3 rings (SSSR count). The number of rotatable bonds is 4. The van der Waals surface area contributed by atoms with Gasteiger partial charge in [0, 0.05) is 10.7 Å². The number of carbonyl (C=O) groups is 2. The van der Waals surface area contributed by atoms with Crippen molar-refractivity contribution in [2.24, 2.45) is 0 Å². The molecular formula is C18H15Cl2NO5. The Hall–Kier alpha value is -2.44. The topological polar surface area (TPSA) is 73.9 Å². The normalized spacial score (nSPS) is 13.7. The summed E-state index contributed by atoms with van der Waals surface area (Å²) in [6.07, 6.45) is -1.02. The van der Waals surface area contributed by atoms with Crippen LogP contribution in [0.25, 0.3) is 0 Å². The van der Waals surface area contributed by atoms with Crippen LogP contribution in [0.15, 0.2) is 36.4 Å². The lowest BCUT2D eigenvalue weighted by atomic mass is 10.2. The fourth-order valence-electron chi connectivity index (χ4n) is 2.32. The highest BCUT2D eigenvalue weighted by atomic mass is 35.5. The van der Waals surface area contributed by atoms with Crippen molar-refractivity contribution in [1.29, 1.82) is 0 Å². The molecule has 0 fully saturated rings. The Bertz CT molecular complexity index is 855. The van der Waals surface area contributed by atoms with Crippen LogP contribution in [-0.4, -0.2) is 31.2 Å². The molecule has 1 N–H and O–H groups in total. The van der Waals surface area contributed by atoms with E-state index in [-0.39, 0.29) is 10.6 Å². The smallest absolute Gasteiger partial charge is 0.339 e. The van der Waals surface area contributed by atoms with Crippen molar-refractivity contribution in [1.82, 2.24) is 0 Å². The Morgan fingerprint density at radius 3 is 2.69 bits per heavy atom. The van der Waals surface area contributed by atoms with Crippen LogP contribution >= 0.6 is 23.2 Å². The van der Waals surface area contributed by atoms with E-state index in [1.807, 2.05) is 0 Å². The molecule has 0 spiro atoms. The van der Waals surface area contributed by atoms with Gasteiger partial charge in [-0.05, 0) is 37.3 Å². The van der Waals surface area contributed by atoms with Crippen molar-refractivity contribution in [3.63, 3.8) is 0 Å². The van der Waals surface area contributed by atoms with E-state index >= 15 is 0 Å². The van der Waals surface area contributed by atoms with Gasteiger partial charge in [0.05, 0.1) is 10.6 Å². The fourth-order valence-corrected chi connectivity index (χ4v) is 2.78. The van der Waals surface area contributed by atoms with Crippen molar-refractivity contribution >= 4 is 40.8 Å². The van der Waals surface area contributed by atoms with Crippen LogP contribution in [0.1, 0.15) is 17.3 Å². The summed E-state index contributed by atoms with van der Waals surface area (Å²) in [5.41, 5.74) is 0.675. The molecule has 0 aromatic heterocycles.